The SMILES string of the molecule is Cc1ccc(C)c(C(=O)N2CC(C(=O)O)O[C@H](C)C2)c1. The Balaban J connectivity index is 2.23. The molecule has 0 radical (unpaired) electrons. The van der Waals surface area contributed by atoms with Gasteiger partial charge in [0.2, 0.25) is 0 Å². The first-order chi connectivity index (χ1) is 9.38. The molecule has 5 heteroatoms. The van der Waals surface area contributed by atoms with Gasteiger partial charge in [-0.1, -0.05) is 17.7 Å². The van der Waals surface area contributed by atoms with E-state index in [1.165, 1.54) is 0 Å². The number of aryl methyl sites for hydroxylation is 2. The van der Waals surface area contributed by atoms with Crippen molar-refractivity contribution in [3.05, 3.63) is 34.9 Å². The molecular weight excluding hydrogens is 258 g/mol. The summed E-state index contributed by atoms with van der Waals surface area (Å²) in [5, 5.41) is 9.06. The summed E-state index contributed by atoms with van der Waals surface area (Å²) in [7, 11) is 0. The molecule has 0 aromatic heterocycles. The van der Waals surface area contributed by atoms with Gasteiger partial charge in [-0.05, 0) is 32.4 Å². The number of hydrogen-bond acceptors (Lipinski definition) is 3. The van der Waals surface area contributed by atoms with Crippen LogP contribution in [0.4, 0.5) is 0 Å². The van der Waals surface area contributed by atoms with Crippen molar-refractivity contribution >= 4 is 11.9 Å². The topological polar surface area (TPSA) is 66.8 Å². The maximum atomic E-state index is 12.6. The fourth-order valence-corrected chi connectivity index (χ4v) is 2.39. The van der Waals surface area contributed by atoms with Crippen molar-refractivity contribution in [1.29, 1.82) is 0 Å². The number of rotatable bonds is 2. The van der Waals surface area contributed by atoms with E-state index in [9.17, 15) is 9.59 Å². The molecule has 1 saturated heterocycles. The second kappa shape index (κ2) is 5.63. The van der Waals surface area contributed by atoms with Gasteiger partial charge in [-0.2, -0.15) is 0 Å². The average molecular weight is 277 g/mol. The molecule has 1 aromatic carbocycles. The highest BCUT2D eigenvalue weighted by atomic mass is 16.5. The van der Waals surface area contributed by atoms with Gasteiger partial charge in [0.1, 0.15) is 0 Å². The summed E-state index contributed by atoms with van der Waals surface area (Å²) >= 11 is 0. The number of carboxylic acids is 1. The molecule has 1 N–H and O–H groups in total. The van der Waals surface area contributed by atoms with Crippen LogP contribution in [-0.4, -0.2) is 47.2 Å². The highest BCUT2D eigenvalue weighted by Gasteiger charge is 2.33. The normalized spacial score (nSPS) is 22.6. The van der Waals surface area contributed by atoms with E-state index in [1.807, 2.05) is 32.0 Å². The summed E-state index contributed by atoms with van der Waals surface area (Å²) in [6, 6.07) is 5.70. The molecule has 20 heavy (non-hydrogen) atoms. The lowest BCUT2D eigenvalue weighted by molar-refractivity contribution is -0.160. The summed E-state index contributed by atoms with van der Waals surface area (Å²) in [6.07, 6.45) is -1.23. The smallest absolute Gasteiger partial charge is 0.334 e. The second-order valence-corrected chi connectivity index (χ2v) is 5.30. The van der Waals surface area contributed by atoms with E-state index in [1.54, 1.807) is 11.8 Å². The van der Waals surface area contributed by atoms with Crippen molar-refractivity contribution in [2.45, 2.75) is 33.0 Å². The van der Waals surface area contributed by atoms with Crippen molar-refractivity contribution in [3.63, 3.8) is 0 Å². The van der Waals surface area contributed by atoms with E-state index in [-0.39, 0.29) is 18.6 Å². The van der Waals surface area contributed by atoms with E-state index in [0.29, 0.717) is 12.1 Å². The molecule has 2 atom stereocenters. The number of benzene rings is 1. The second-order valence-electron chi connectivity index (χ2n) is 5.30. The van der Waals surface area contributed by atoms with Crippen LogP contribution in [0.2, 0.25) is 0 Å². The number of aliphatic carboxylic acids is 1. The maximum absolute atomic E-state index is 12.6. The molecule has 0 bridgehead atoms. The van der Waals surface area contributed by atoms with Crippen molar-refractivity contribution in [1.82, 2.24) is 4.90 Å². The van der Waals surface area contributed by atoms with Gasteiger partial charge in [-0.3, -0.25) is 4.79 Å². The van der Waals surface area contributed by atoms with E-state index >= 15 is 0 Å². The molecule has 0 spiro atoms. The Morgan fingerprint density at radius 3 is 2.65 bits per heavy atom. The molecule has 1 fully saturated rings. The summed E-state index contributed by atoms with van der Waals surface area (Å²) in [5.41, 5.74) is 2.53. The third-order valence-electron chi connectivity index (χ3n) is 3.45. The monoisotopic (exact) mass is 277 g/mol. The molecule has 1 aliphatic heterocycles. The van der Waals surface area contributed by atoms with Gasteiger partial charge in [0.25, 0.3) is 5.91 Å². The molecule has 0 aliphatic carbocycles. The summed E-state index contributed by atoms with van der Waals surface area (Å²) in [4.78, 5) is 25.2. The van der Waals surface area contributed by atoms with Crippen molar-refractivity contribution in [2.24, 2.45) is 0 Å². The van der Waals surface area contributed by atoms with Crippen LogP contribution in [0.1, 0.15) is 28.4 Å². The minimum atomic E-state index is -1.03. The lowest BCUT2D eigenvalue weighted by Gasteiger charge is -2.35. The van der Waals surface area contributed by atoms with Crippen LogP contribution in [-0.2, 0) is 9.53 Å². The number of carbonyl (C=O) groups is 2. The van der Waals surface area contributed by atoms with Crippen LogP contribution in [0, 0.1) is 13.8 Å². The van der Waals surface area contributed by atoms with Crippen LogP contribution in [0.15, 0.2) is 18.2 Å². The Bertz CT molecular complexity index is 541. The Morgan fingerprint density at radius 1 is 1.30 bits per heavy atom. The molecule has 1 unspecified atom stereocenters. The molecule has 108 valence electrons. The lowest BCUT2D eigenvalue weighted by atomic mass is 10.0. The molecular formula is C15H19NO4. The highest BCUT2D eigenvalue weighted by molar-refractivity contribution is 5.96. The Hall–Kier alpha value is -1.88. The highest BCUT2D eigenvalue weighted by Crippen LogP contribution is 2.18. The number of morpholine rings is 1. The van der Waals surface area contributed by atoms with Crippen LogP contribution in [0.3, 0.4) is 0 Å². The van der Waals surface area contributed by atoms with Crippen LogP contribution in [0.25, 0.3) is 0 Å². The van der Waals surface area contributed by atoms with E-state index in [2.05, 4.69) is 0 Å². The van der Waals surface area contributed by atoms with Gasteiger partial charge in [0.15, 0.2) is 6.10 Å². The van der Waals surface area contributed by atoms with Crippen molar-refractivity contribution < 1.29 is 19.4 Å². The first-order valence-electron chi connectivity index (χ1n) is 6.63. The van der Waals surface area contributed by atoms with Gasteiger partial charge in [0, 0.05) is 12.1 Å². The number of nitrogens with zero attached hydrogens (tertiary/aromatic N) is 1. The largest absolute Gasteiger partial charge is 0.479 e. The lowest BCUT2D eigenvalue weighted by Crippen LogP contribution is -2.51. The standard InChI is InChI=1S/C15H19NO4/c1-9-4-5-10(2)12(6-9)14(17)16-7-11(3)20-13(8-16)15(18)19/h4-6,11,13H,7-8H2,1-3H3,(H,18,19)/t11-,13?/m1/s1. The molecule has 5 nitrogen and oxygen atoms in total. The summed E-state index contributed by atoms with van der Waals surface area (Å²) < 4.78 is 5.32. The van der Waals surface area contributed by atoms with E-state index in [4.69, 9.17) is 9.84 Å². The van der Waals surface area contributed by atoms with Crippen LogP contribution in [0.5, 0.6) is 0 Å². The Kier molecular flexibility index (Phi) is 4.09. The number of hydrogen-bond donors (Lipinski definition) is 1. The van der Waals surface area contributed by atoms with Gasteiger partial charge >= 0.3 is 5.97 Å². The van der Waals surface area contributed by atoms with Gasteiger partial charge in [-0.25, -0.2) is 4.79 Å². The molecule has 0 saturated carbocycles. The average Bonchev–Trinajstić information content (AvgIpc) is 2.40. The Labute approximate surface area is 118 Å². The molecule has 1 amide bonds. The van der Waals surface area contributed by atoms with Crippen molar-refractivity contribution in [2.75, 3.05) is 13.1 Å². The first-order valence-corrected chi connectivity index (χ1v) is 6.63. The van der Waals surface area contributed by atoms with Crippen LogP contribution < -0.4 is 0 Å². The number of ether oxygens (including phenoxy) is 1. The van der Waals surface area contributed by atoms with Gasteiger partial charge < -0.3 is 14.7 Å². The number of carbonyl (C=O) groups excluding carboxylic acids is 1. The molecule has 1 aromatic rings. The minimum absolute atomic E-state index is 0.0892. The fraction of sp³-hybridized carbons (Fsp3) is 0.467. The van der Waals surface area contributed by atoms with E-state index in [0.717, 1.165) is 11.1 Å². The maximum Gasteiger partial charge on any atom is 0.334 e. The number of amides is 1. The zero-order valence-electron chi connectivity index (χ0n) is 11.9. The third-order valence-corrected chi connectivity index (χ3v) is 3.45. The van der Waals surface area contributed by atoms with Crippen LogP contribution >= 0.6 is 0 Å². The zero-order chi connectivity index (χ0) is 14.9. The zero-order valence-corrected chi connectivity index (χ0v) is 11.9. The predicted octanol–water partition coefficient (Wildman–Crippen LogP) is 1.62. The summed E-state index contributed by atoms with van der Waals surface area (Å²) in [5.74, 6) is -1.16. The quantitative estimate of drug-likeness (QED) is 0.892. The van der Waals surface area contributed by atoms with E-state index < -0.39 is 12.1 Å². The summed E-state index contributed by atoms with van der Waals surface area (Å²) in [6.45, 7) is 6.09. The van der Waals surface area contributed by atoms with Crippen molar-refractivity contribution in [3.8, 4) is 0 Å². The molecule has 2 rings (SSSR count). The minimum Gasteiger partial charge on any atom is -0.479 e. The number of carboxylic acid groups (broad SMARTS) is 1. The van der Waals surface area contributed by atoms with Gasteiger partial charge in [-0.15, -0.1) is 0 Å². The Morgan fingerprint density at radius 2 is 2.00 bits per heavy atom. The molecule has 1 heterocycles. The third kappa shape index (κ3) is 2.99. The molecule has 1 aliphatic rings. The fourth-order valence-electron chi connectivity index (χ4n) is 2.39. The first kappa shape index (κ1) is 14.5. The van der Waals surface area contributed by atoms with Gasteiger partial charge in [0.05, 0.1) is 12.6 Å². The predicted molar refractivity (Wildman–Crippen MR) is 73.8 cm³/mol.